The Morgan fingerprint density at radius 3 is 1.49 bits per heavy atom. The Bertz CT molecular complexity index is 3130. The average molecular weight is 756 g/mol. The highest BCUT2D eigenvalue weighted by atomic mass is 15.1. The highest BCUT2D eigenvalue weighted by Gasteiger charge is 2.18. The van der Waals surface area contributed by atoms with Crippen LogP contribution >= 0.6 is 0 Å². The Hall–Kier alpha value is -8.02. The summed E-state index contributed by atoms with van der Waals surface area (Å²) in [6.07, 6.45) is 5.73. The topological polar surface area (TPSA) is 38.9 Å². The first-order valence-electron chi connectivity index (χ1n) is 19.9. The van der Waals surface area contributed by atoms with Gasteiger partial charge in [-0.15, -0.1) is 0 Å². The number of hydrogen-bond donors (Lipinski definition) is 0. The van der Waals surface area contributed by atoms with Gasteiger partial charge in [0.15, 0.2) is 5.82 Å². The Morgan fingerprint density at radius 2 is 0.864 bits per heavy atom. The lowest BCUT2D eigenvalue weighted by atomic mass is 10.0. The molecule has 0 aliphatic carbocycles. The van der Waals surface area contributed by atoms with E-state index in [0.717, 1.165) is 39.6 Å². The maximum atomic E-state index is 4.47. The second kappa shape index (κ2) is 14.5. The number of benzene rings is 8. The van der Waals surface area contributed by atoms with E-state index in [0.29, 0.717) is 5.82 Å². The summed E-state index contributed by atoms with van der Waals surface area (Å²) in [5.41, 5.74) is 14.7. The van der Waals surface area contributed by atoms with Crippen molar-refractivity contribution in [3.63, 3.8) is 0 Å². The number of anilines is 3. The van der Waals surface area contributed by atoms with Gasteiger partial charge in [0.1, 0.15) is 0 Å². The Kier molecular flexibility index (Phi) is 8.41. The lowest BCUT2D eigenvalue weighted by molar-refractivity contribution is 1.13. The summed E-state index contributed by atoms with van der Waals surface area (Å²) in [5.74, 6) is 0.709. The molecular weight excluding hydrogens is 719 g/mol. The SMILES string of the molecule is c1ccc(-c2ccc(N(c3ccc(-c4ccc5c(c4)c4cc6c(ccn6-c6ccccc6)cc4n5-c4ccccc4)cc3)c3ccc(-c4ncccn4)cc3)cc2)cc1. The summed E-state index contributed by atoms with van der Waals surface area (Å²) in [6.45, 7) is 0. The Morgan fingerprint density at radius 1 is 0.356 bits per heavy atom. The third-order valence-corrected chi connectivity index (χ3v) is 11.3. The largest absolute Gasteiger partial charge is 0.317 e. The Labute approximate surface area is 342 Å². The van der Waals surface area contributed by atoms with Gasteiger partial charge in [-0.3, -0.25) is 0 Å². The molecule has 278 valence electrons. The molecule has 11 rings (SSSR count). The third kappa shape index (κ3) is 6.22. The first-order chi connectivity index (χ1) is 29.2. The number of hydrogen-bond acceptors (Lipinski definition) is 3. The molecule has 0 aliphatic heterocycles. The van der Waals surface area contributed by atoms with E-state index in [1.54, 1.807) is 12.4 Å². The van der Waals surface area contributed by atoms with E-state index in [2.05, 4.69) is 230 Å². The molecule has 3 heterocycles. The minimum atomic E-state index is 0.709. The van der Waals surface area contributed by atoms with Crippen LogP contribution in [0.3, 0.4) is 0 Å². The molecule has 8 aromatic carbocycles. The van der Waals surface area contributed by atoms with E-state index < -0.39 is 0 Å². The zero-order valence-electron chi connectivity index (χ0n) is 32.1. The number of nitrogens with zero attached hydrogens (tertiary/aromatic N) is 5. The Balaban J connectivity index is 1.01. The fourth-order valence-corrected chi connectivity index (χ4v) is 8.39. The molecule has 0 radical (unpaired) electrons. The minimum absolute atomic E-state index is 0.709. The quantitative estimate of drug-likeness (QED) is 0.155. The molecule has 0 atom stereocenters. The van der Waals surface area contributed by atoms with Gasteiger partial charge in [-0.2, -0.15) is 0 Å². The molecule has 0 bridgehead atoms. The predicted molar refractivity (Wildman–Crippen MR) is 244 cm³/mol. The number of rotatable bonds is 8. The summed E-state index contributed by atoms with van der Waals surface area (Å²) in [7, 11) is 0. The fraction of sp³-hybridized carbons (Fsp3) is 0. The maximum absolute atomic E-state index is 4.47. The smallest absolute Gasteiger partial charge is 0.159 e. The molecular formula is C54H37N5. The number of aromatic nitrogens is 4. The van der Waals surface area contributed by atoms with Crippen molar-refractivity contribution in [2.24, 2.45) is 0 Å². The molecule has 0 N–H and O–H groups in total. The molecule has 59 heavy (non-hydrogen) atoms. The summed E-state index contributed by atoms with van der Waals surface area (Å²) in [5, 5.41) is 3.65. The van der Waals surface area contributed by atoms with E-state index >= 15 is 0 Å². The molecule has 0 aliphatic rings. The minimum Gasteiger partial charge on any atom is -0.317 e. The van der Waals surface area contributed by atoms with Crippen molar-refractivity contribution >= 4 is 49.8 Å². The highest BCUT2D eigenvalue weighted by molar-refractivity contribution is 6.14. The van der Waals surface area contributed by atoms with Gasteiger partial charge in [0.25, 0.3) is 0 Å². The molecule has 0 spiro atoms. The second-order valence-electron chi connectivity index (χ2n) is 14.8. The van der Waals surface area contributed by atoms with Crippen LogP contribution in [0.15, 0.2) is 225 Å². The first-order valence-corrected chi connectivity index (χ1v) is 19.9. The van der Waals surface area contributed by atoms with Crippen LogP contribution in [0.1, 0.15) is 0 Å². The highest BCUT2D eigenvalue weighted by Crippen LogP contribution is 2.40. The van der Waals surface area contributed by atoms with Gasteiger partial charge in [0.05, 0.1) is 16.6 Å². The normalized spacial score (nSPS) is 11.4. The van der Waals surface area contributed by atoms with Crippen LogP contribution in [-0.4, -0.2) is 19.1 Å². The van der Waals surface area contributed by atoms with Crippen molar-refractivity contribution in [2.45, 2.75) is 0 Å². The first kappa shape index (κ1) is 34.2. The number of fused-ring (bicyclic) bond motifs is 4. The standard InChI is InChI=1S/C54H37N5/c1-4-11-38(12-5-1)39-17-24-46(25-18-39)58(48-28-21-41(22-29-48)54-55-32-10-33-56-54)47-26-19-40(20-27-47)42-23-30-51-49(35-42)50-37-52-43(31-34-57(52)44-13-6-2-7-14-44)36-53(50)59(51)45-15-8-3-9-16-45/h1-37H. The fourth-order valence-electron chi connectivity index (χ4n) is 8.39. The molecule has 0 unspecified atom stereocenters. The second-order valence-corrected chi connectivity index (χ2v) is 14.8. The lowest BCUT2D eigenvalue weighted by Crippen LogP contribution is -2.09. The van der Waals surface area contributed by atoms with Gasteiger partial charge < -0.3 is 14.0 Å². The van der Waals surface area contributed by atoms with E-state index in [9.17, 15) is 0 Å². The molecule has 0 saturated heterocycles. The van der Waals surface area contributed by atoms with Crippen molar-refractivity contribution in [2.75, 3.05) is 4.90 Å². The van der Waals surface area contributed by atoms with Gasteiger partial charge in [0, 0.05) is 68.7 Å². The number of para-hydroxylation sites is 2. The third-order valence-electron chi connectivity index (χ3n) is 11.3. The molecule has 11 aromatic rings. The van der Waals surface area contributed by atoms with Crippen LogP contribution in [0.4, 0.5) is 17.1 Å². The van der Waals surface area contributed by atoms with Crippen molar-refractivity contribution in [1.29, 1.82) is 0 Å². The van der Waals surface area contributed by atoms with Gasteiger partial charge in [-0.25, -0.2) is 9.97 Å². The van der Waals surface area contributed by atoms with Crippen LogP contribution < -0.4 is 4.90 Å². The summed E-state index contributed by atoms with van der Waals surface area (Å²) in [4.78, 5) is 11.2. The van der Waals surface area contributed by atoms with Gasteiger partial charge in [-0.1, -0.05) is 97.1 Å². The molecule has 3 aromatic heterocycles. The van der Waals surface area contributed by atoms with Crippen LogP contribution in [0, 0.1) is 0 Å². The van der Waals surface area contributed by atoms with Crippen LogP contribution in [-0.2, 0) is 0 Å². The van der Waals surface area contributed by atoms with E-state index in [-0.39, 0.29) is 0 Å². The van der Waals surface area contributed by atoms with Crippen molar-refractivity contribution in [1.82, 2.24) is 19.1 Å². The summed E-state index contributed by atoms with van der Waals surface area (Å²) >= 11 is 0. The summed E-state index contributed by atoms with van der Waals surface area (Å²) < 4.78 is 4.68. The average Bonchev–Trinajstić information content (AvgIpc) is 3.88. The van der Waals surface area contributed by atoms with Crippen molar-refractivity contribution in [3.8, 4) is 45.0 Å². The maximum Gasteiger partial charge on any atom is 0.159 e. The van der Waals surface area contributed by atoms with Gasteiger partial charge in [-0.05, 0) is 131 Å². The van der Waals surface area contributed by atoms with Crippen LogP contribution in [0.25, 0.3) is 77.7 Å². The van der Waals surface area contributed by atoms with Gasteiger partial charge in [0.2, 0.25) is 0 Å². The molecule has 5 nitrogen and oxygen atoms in total. The predicted octanol–water partition coefficient (Wildman–Crippen LogP) is 14.0. The zero-order valence-corrected chi connectivity index (χ0v) is 32.1. The van der Waals surface area contributed by atoms with Crippen LogP contribution in [0.5, 0.6) is 0 Å². The van der Waals surface area contributed by atoms with Crippen LogP contribution in [0.2, 0.25) is 0 Å². The lowest BCUT2D eigenvalue weighted by Gasteiger charge is -2.26. The molecule has 5 heteroatoms. The molecule has 0 saturated carbocycles. The van der Waals surface area contributed by atoms with Crippen molar-refractivity contribution < 1.29 is 0 Å². The van der Waals surface area contributed by atoms with E-state index in [1.165, 1.54) is 49.4 Å². The van der Waals surface area contributed by atoms with Crippen molar-refractivity contribution in [3.05, 3.63) is 225 Å². The van der Waals surface area contributed by atoms with E-state index in [4.69, 9.17) is 0 Å². The zero-order chi connectivity index (χ0) is 39.1. The van der Waals surface area contributed by atoms with Gasteiger partial charge >= 0.3 is 0 Å². The molecule has 0 amide bonds. The summed E-state index contributed by atoms with van der Waals surface area (Å²) in [6, 6.07) is 73.6. The molecule has 0 fully saturated rings. The monoisotopic (exact) mass is 755 g/mol. The van der Waals surface area contributed by atoms with E-state index in [1.807, 2.05) is 6.07 Å².